The number of hydrogen-bond donors (Lipinski definition) is 2. The Morgan fingerprint density at radius 2 is 1.95 bits per heavy atom. The molecule has 1 aromatic rings. The number of alkyl halides is 3. The Balaban J connectivity index is 1.61. The topological polar surface area (TPSA) is 80.9 Å². The van der Waals surface area contributed by atoms with Gasteiger partial charge >= 0.3 is 6.18 Å². The first-order valence-electron chi connectivity index (χ1n) is 7.26. The highest BCUT2D eigenvalue weighted by molar-refractivity contribution is 5.92. The zero-order chi connectivity index (χ0) is 16.0. The lowest BCUT2D eigenvalue weighted by atomic mass is 9.83. The van der Waals surface area contributed by atoms with Gasteiger partial charge < -0.3 is 11.1 Å². The van der Waals surface area contributed by atoms with Gasteiger partial charge in [-0.3, -0.25) is 4.79 Å². The number of amides is 1. The molecule has 120 valence electrons. The molecular weight excluding hydrogens is 297 g/mol. The van der Waals surface area contributed by atoms with Crippen LogP contribution >= 0.6 is 0 Å². The van der Waals surface area contributed by atoms with Gasteiger partial charge in [-0.25, -0.2) is 9.97 Å². The number of nitrogens with one attached hydrogen (secondary N) is 1. The second kappa shape index (κ2) is 5.19. The Morgan fingerprint density at radius 3 is 2.50 bits per heavy atom. The molecule has 1 unspecified atom stereocenters. The van der Waals surface area contributed by atoms with E-state index in [1.165, 1.54) is 0 Å². The van der Waals surface area contributed by atoms with Gasteiger partial charge in [0.25, 0.3) is 5.91 Å². The number of nitrogens with zero attached hydrogens (tertiary/aromatic N) is 2. The summed E-state index contributed by atoms with van der Waals surface area (Å²) in [6.07, 6.45) is 0.726. The number of hydrogen-bond acceptors (Lipinski definition) is 4. The van der Waals surface area contributed by atoms with E-state index in [4.69, 9.17) is 5.73 Å². The fraction of sp³-hybridized carbons (Fsp3) is 0.643. The monoisotopic (exact) mass is 314 g/mol. The zero-order valence-corrected chi connectivity index (χ0v) is 11.9. The SMILES string of the molecule is NC1CC12CCC(NC(=O)c1cc(C(F)(F)F)ncn1)CC2. The first-order valence-corrected chi connectivity index (χ1v) is 7.26. The first kappa shape index (κ1) is 15.2. The molecular formula is C14H17F3N4O. The van der Waals surface area contributed by atoms with E-state index < -0.39 is 17.8 Å². The van der Waals surface area contributed by atoms with Gasteiger partial charge in [0.05, 0.1) is 0 Å². The average Bonchev–Trinajstić information content (AvgIpc) is 3.10. The molecule has 1 aromatic heterocycles. The molecule has 3 rings (SSSR count). The minimum Gasteiger partial charge on any atom is -0.348 e. The maximum atomic E-state index is 12.6. The maximum absolute atomic E-state index is 12.6. The van der Waals surface area contributed by atoms with E-state index in [1.807, 2.05) is 0 Å². The van der Waals surface area contributed by atoms with Gasteiger partial charge in [-0.1, -0.05) is 0 Å². The summed E-state index contributed by atoms with van der Waals surface area (Å²) in [4.78, 5) is 18.8. The molecule has 2 aliphatic carbocycles. The number of nitrogens with two attached hydrogens (primary N) is 1. The number of aromatic nitrogens is 2. The minimum atomic E-state index is -4.59. The molecule has 2 fully saturated rings. The third kappa shape index (κ3) is 2.92. The van der Waals surface area contributed by atoms with E-state index in [2.05, 4.69) is 15.3 Å². The molecule has 1 heterocycles. The van der Waals surface area contributed by atoms with E-state index in [0.717, 1.165) is 38.4 Å². The zero-order valence-electron chi connectivity index (χ0n) is 11.9. The van der Waals surface area contributed by atoms with E-state index >= 15 is 0 Å². The summed E-state index contributed by atoms with van der Waals surface area (Å²) in [5.41, 5.74) is 4.80. The Bertz CT molecular complexity index is 582. The van der Waals surface area contributed by atoms with E-state index in [0.29, 0.717) is 6.07 Å². The quantitative estimate of drug-likeness (QED) is 0.873. The predicted octanol–water partition coefficient (Wildman–Crippen LogP) is 1.89. The first-order chi connectivity index (χ1) is 10.3. The summed E-state index contributed by atoms with van der Waals surface area (Å²) in [6, 6.07) is 0.909. The van der Waals surface area contributed by atoms with Crippen LogP contribution in [-0.2, 0) is 6.18 Å². The third-order valence-corrected chi connectivity index (χ3v) is 4.76. The Morgan fingerprint density at radius 1 is 1.32 bits per heavy atom. The summed E-state index contributed by atoms with van der Waals surface area (Å²) in [6.45, 7) is 0. The molecule has 3 N–H and O–H groups in total. The van der Waals surface area contributed by atoms with Gasteiger partial charge in [-0.15, -0.1) is 0 Å². The summed E-state index contributed by atoms with van der Waals surface area (Å²) in [5, 5.41) is 2.76. The second-order valence-electron chi connectivity index (χ2n) is 6.21. The molecule has 5 nitrogen and oxygen atoms in total. The molecule has 0 aliphatic heterocycles. The molecule has 1 atom stereocenters. The second-order valence-corrected chi connectivity index (χ2v) is 6.21. The van der Waals surface area contributed by atoms with Crippen LogP contribution in [0.3, 0.4) is 0 Å². The highest BCUT2D eigenvalue weighted by atomic mass is 19.4. The summed E-state index contributed by atoms with van der Waals surface area (Å²) < 4.78 is 37.8. The fourth-order valence-corrected chi connectivity index (χ4v) is 3.19. The van der Waals surface area contributed by atoms with Gasteiger partial charge in [0.1, 0.15) is 17.7 Å². The van der Waals surface area contributed by atoms with Crippen LogP contribution in [0.4, 0.5) is 13.2 Å². The van der Waals surface area contributed by atoms with Crippen molar-refractivity contribution in [1.29, 1.82) is 0 Å². The predicted molar refractivity (Wildman–Crippen MR) is 71.8 cm³/mol. The lowest BCUT2D eigenvalue weighted by molar-refractivity contribution is -0.141. The van der Waals surface area contributed by atoms with Crippen molar-refractivity contribution < 1.29 is 18.0 Å². The smallest absolute Gasteiger partial charge is 0.348 e. The van der Waals surface area contributed by atoms with Crippen LogP contribution in [0, 0.1) is 5.41 Å². The minimum absolute atomic E-state index is 0.0322. The van der Waals surface area contributed by atoms with Crippen LogP contribution in [0.15, 0.2) is 12.4 Å². The Kier molecular flexibility index (Phi) is 3.58. The van der Waals surface area contributed by atoms with Crippen LogP contribution in [0.25, 0.3) is 0 Å². The molecule has 1 amide bonds. The van der Waals surface area contributed by atoms with Crippen molar-refractivity contribution in [1.82, 2.24) is 15.3 Å². The highest BCUT2D eigenvalue weighted by Crippen LogP contribution is 2.54. The standard InChI is InChI=1S/C14H17F3N4O/c15-14(16,17)11-5-9(19-7-20-11)12(22)21-8-1-3-13(4-2-8)6-10(13)18/h5,7-8,10H,1-4,6,18H2,(H,21,22). The molecule has 22 heavy (non-hydrogen) atoms. The molecule has 2 saturated carbocycles. The van der Waals surface area contributed by atoms with Crippen molar-refractivity contribution in [2.75, 3.05) is 0 Å². The molecule has 0 bridgehead atoms. The van der Waals surface area contributed by atoms with Crippen molar-refractivity contribution in [2.24, 2.45) is 11.1 Å². The lowest BCUT2D eigenvalue weighted by Gasteiger charge is -2.29. The van der Waals surface area contributed by atoms with E-state index in [9.17, 15) is 18.0 Å². The summed E-state index contributed by atoms with van der Waals surface area (Å²) in [7, 11) is 0. The number of halogens is 3. The van der Waals surface area contributed by atoms with E-state index in [1.54, 1.807) is 0 Å². The number of carbonyl (C=O) groups is 1. The van der Waals surface area contributed by atoms with Gasteiger partial charge in [0.15, 0.2) is 0 Å². The number of carbonyl (C=O) groups excluding carboxylic acids is 1. The lowest BCUT2D eigenvalue weighted by Crippen LogP contribution is -2.39. The molecule has 0 radical (unpaired) electrons. The molecule has 8 heteroatoms. The van der Waals surface area contributed by atoms with Gasteiger partial charge in [-0.05, 0) is 37.5 Å². The van der Waals surface area contributed by atoms with Gasteiger partial charge in [-0.2, -0.15) is 13.2 Å². The number of rotatable bonds is 2. The van der Waals surface area contributed by atoms with Gasteiger partial charge in [0, 0.05) is 18.2 Å². The fourth-order valence-electron chi connectivity index (χ4n) is 3.19. The summed E-state index contributed by atoms with van der Waals surface area (Å²) >= 11 is 0. The van der Waals surface area contributed by atoms with Crippen LogP contribution in [-0.4, -0.2) is 28.0 Å². The normalized spacial score (nSPS) is 31.1. The molecule has 1 spiro atoms. The third-order valence-electron chi connectivity index (χ3n) is 4.76. The van der Waals surface area contributed by atoms with Crippen molar-refractivity contribution in [3.05, 3.63) is 23.8 Å². The Labute approximate surface area is 125 Å². The summed E-state index contributed by atoms with van der Waals surface area (Å²) in [5.74, 6) is -0.589. The van der Waals surface area contributed by atoms with Crippen molar-refractivity contribution in [2.45, 2.75) is 50.4 Å². The van der Waals surface area contributed by atoms with Crippen molar-refractivity contribution in [3.63, 3.8) is 0 Å². The van der Waals surface area contributed by atoms with Crippen LogP contribution in [0.5, 0.6) is 0 Å². The Hall–Kier alpha value is -1.70. The van der Waals surface area contributed by atoms with Crippen molar-refractivity contribution in [3.8, 4) is 0 Å². The van der Waals surface area contributed by atoms with Crippen LogP contribution in [0.2, 0.25) is 0 Å². The van der Waals surface area contributed by atoms with E-state index in [-0.39, 0.29) is 23.2 Å². The van der Waals surface area contributed by atoms with Crippen LogP contribution in [0.1, 0.15) is 48.3 Å². The molecule has 0 saturated heterocycles. The van der Waals surface area contributed by atoms with Crippen molar-refractivity contribution >= 4 is 5.91 Å². The molecule has 2 aliphatic rings. The van der Waals surface area contributed by atoms with Gasteiger partial charge in [0.2, 0.25) is 0 Å². The molecule has 0 aromatic carbocycles. The maximum Gasteiger partial charge on any atom is 0.433 e. The van der Waals surface area contributed by atoms with Crippen LogP contribution < -0.4 is 11.1 Å². The largest absolute Gasteiger partial charge is 0.433 e. The average molecular weight is 314 g/mol. The highest BCUT2D eigenvalue weighted by Gasteiger charge is 2.52.